The van der Waals surface area contributed by atoms with Crippen LogP contribution in [-0.2, 0) is 43.2 Å². The van der Waals surface area contributed by atoms with Crippen LogP contribution < -0.4 is 0 Å². The molecular formula is C21H44O4S5. The summed E-state index contributed by atoms with van der Waals surface area (Å²) in [7, 11) is -3.40. The molecule has 0 aromatic rings. The first-order chi connectivity index (χ1) is 14.5. The van der Waals surface area contributed by atoms with Crippen LogP contribution in [0.3, 0.4) is 0 Å². The highest BCUT2D eigenvalue weighted by atomic mass is 32.2. The number of unbranched alkanes of at least 4 members (excludes halogenated alkanes) is 8. The third kappa shape index (κ3) is 23.6. The topological polar surface area (TPSA) is 68.3 Å². The summed E-state index contributed by atoms with van der Waals surface area (Å²) in [5.74, 6) is 5.36. The Kier molecular flexibility index (Phi) is 23.9. The van der Waals surface area contributed by atoms with Crippen molar-refractivity contribution in [3.05, 3.63) is 0 Å². The van der Waals surface area contributed by atoms with Crippen molar-refractivity contribution >= 4 is 55.8 Å². The van der Waals surface area contributed by atoms with Gasteiger partial charge in [0.25, 0.3) is 0 Å². The molecule has 0 saturated heterocycles. The summed E-state index contributed by atoms with van der Waals surface area (Å²) >= 11 is 4.23. The average molecular weight is 521 g/mol. The van der Waals surface area contributed by atoms with Gasteiger partial charge in [-0.15, -0.1) is 0 Å². The second kappa shape index (κ2) is 23.1. The highest BCUT2D eigenvalue weighted by molar-refractivity contribution is 7.86. The summed E-state index contributed by atoms with van der Waals surface area (Å²) in [4.78, 5) is 0. The lowest BCUT2D eigenvalue weighted by Crippen LogP contribution is -2.12. The van der Waals surface area contributed by atoms with Crippen molar-refractivity contribution in [3.63, 3.8) is 0 Å². The molecular weight excluding hydrogens is 477 g/mol. The molecule has 0 heterocycles. The molecule has 0 amide bonds. The molecule has 4 unspecified atom stereocenters. The van der Waals surface area contributed by atoms with Crippen molar-refractivity contribution in [1.82, 2.24) is 0 Å². The average Bonchev–Trinajstić information content (AvgIpc) is 2.69. The third-order valence-electron chi connectivity index (χ3n) is 4.82. The Labute approximate surface area is 201 Å². The van der Waals surface area contributed by atoms with Crippen LogP contribution in [0.1, 0.15) is 77.0 Å². The highest BCUT2D eigenvalue weighted by Crippen LogP contribution is 2.10. The SMILES string of the molecule is CS(=O)CCCS(=O)CCCS(=O)CCCS(=O)CCCCCCCCCCCS. The number of thiol groups is 1. The Bertz CT molecular complexity index is 500. The van der Waals surface area contributed by atoms with Gasteiger partial charge in [-0.1, -0.05) is 44.9 Å². The first-order valence-electron chi connectivity index (χ1n) is 11.4. The molecule has 0 aliphatic heterocycles. The van der Waals surface area contributed by atoms with Crippen LogP contribution in [0, 0.1) is 0 Å². The summed E-state index contributed by atoms with van der Waals surface area (Å²) in [6, 6.07) is 0. The van der Waals surface area contributed by atoms with E-state index in [1.54, 1.807) is 6.26 Å². The fourth-order valence-electron chi connectivity index (χ4n) is 3.10. The second-order valence-corrected chi connectivity index (χ2v) is 14.9. The fourth-order valence-corrected chi connectivity index (χ4v) is 7.90. The minimum Gasteiger partial charge on any atom is -0.260 e. The molecule has 9 heteroatoms. The third-order valence-corrected chi connectivity index (χ3v) is 10.5. The Morgan fingerprint density at radius 2 is 0.733 bits per heavy atom. The van der Waals surface area contributed by atoms with Crippen molar-refractivity contribution in [2.45, 2.75) is 77.0 Å². The van der Waals surface area contributed by atoms with Gasteiger partial charge in [-0.2, -0.15) is 12.6 Å². The van der Waals surface area contributed by atoms with Crippen LogP contribution >= 0.6 is 12.6 Å². The quantitative estimate of drug-likeness (QED) is 0.162. The summed E-state index contributed by atoms with van der Waals surface area (Å²) in [5.41, 5.74) is 0. The van der Waals surface area contributed by atoms with Gasteiger partial charge in [-0.3, -0.25) is 16.8 Å². The first kappa shape index (κ1) is 30.9. The predicted octanol–water partition coefficient (Wildman–Crippen LogP) is 4.22. The van der Waals surface area contributed by atoms with Gasteiger partial charge in [0.15, 0.2) is 0 Å². The van der Waals surface area contributed by atoms with E-state index >= 15 is 0 Å². The molecule has 0 rings (SSSR count). The molecule has 182 valence electrons. The summed E-state index contributed by atoms with van der Waals surface area (Å²) in [6.45, 7) is 0. The van der Waals surface area contributed by atoms with Gasteiger partial charge in [0.2, 0.25) is 0 Å². The van der Waals surface area contributed by atoms with Crippen LogP contribution in [0.25, 0.3) is 0 Å². The van der Waals surface area contributed by atoms with Crippen LogP contribution in [0.15, 0.2) is 0 Å². The van der Waals surface area contributed by atoms with E-state index in [0.717, 1.165) is 30.8 Å². The van der Waals surface area contributed by atoms with Gasteiger partial charge in [0.1, 0.15) is 0 Å². The standard InChI is InChI=1S/C21H44O4S5/c1-27(22)15-11-17-29(24)19-13-21-30(25)20-12-18-28(23)16-10-8-6-4-2-3-5-7-9-14-26/h26H,2-21H2,1H3. The lowest BCUT2D eigenvalue weighted by atomic mass is 10.1. The van der Waals surface area contributed by atoms with Crippen LogP contribution in [0.2, 0.25) is 0 Å². The lowest BCUT2D eigenvalue weighted by molar-refractivity contribution is 0.573. The smallest absolute Gasteiger partial charge is 0.0243 e. The van der Waals surface area contributed by atoms with Crippen molar-refractivity contribution in [2.75, 3.05) is 52.3 Å². The highest BCUT2D eigenvalue weighted by Gasteiger charge is 2.06. The molecule has 0 aromatic carbocycles. The van der Waals surface area contributed by atoms with Gasteiger partial charge in [-0.25, -0.2) is 0 Å². The van der Waals surface area contributed by atoms with Gasteiger partial charge >= 0.3 is 0 Å². The van der Waals surface area contributed by atoms with Gasteiger partial charge in [0.05, 0.1) is 0 Å². The van der Waals surface area contributed by atoms with E-state index in [-0.39, 0.29) is 0 Å². The van der Waals surface area contributed by atoms with E-state index in [2.05, 4.69) is 12.6 Å². The molecule has 4 atom stereocenters. The minimum absolute atomic E-state index is 0.573. The molecule has 0 aliphatic rings. The second-order valence-electron chi connectivity index (χ2n) is 7.79. The molecule has 0 saturated carbocycles. The monoisotopic (exact) mass is 520 g/mol. The minimum atomic E-state index is -0.902. The fraction of sp³-hybridized carbons (Fsp3) is 1.00. The van der Waals surface area contributed by atoms with Gasteiger partial charge in [0, 0.05) is 89.7 Å². The Morgan fingerprint density at radius 1 is 0.433 bits per heavy atom. The van der Waals surface area contributed by atoms with E-state index in [1.165, 1.54) is 51.4 Å². The predicted molar refractivity (Wildman–Crippen MR) is 142 cm³/mol. The van der Waals surface area contributed by atoms with Crippen molar-refractivity contribution < 1.29 is 16.8 Å². The van der Waals surface area contributed by atoms with E-state index < -0.39 is 43.2 Å². The maximum atomic E-state index is 12.1. The molecule has 0 N–H and O–H groups in total. The Morgan fingerprint density at radius 3 is 1.10 bits per heavy atom. The molecule has 0 bridgehead atoms. The number of hydrogen-bond acceptors (Lipinski definition) is 5. The lowest BCUT2D eigenvalue weighted by Gasteiger charge is -2.05. The number of rotatable bonds is 23. The molecule has 0 spiro atoms. The normalized spacial score (nSPS) is 15.7. The maximum absolute atomic E-state index is 12.1. The first-order valence-corrected chi connectivity index (χ1v) is 18.2. The van der Waals surface area contributed by atoms with Crippen LogP contribution in [0.4, 0.5) is 0 Å². The Hall–Kier alpha value is 0.950. The zero-order valence-corrected chi connectivity index (χ0v) is 23.0. The van der Waals surface area contributed by atoms with Crippen molar-refractivity contribution in [3.8, 4) is 0 Å². The van der Waals surface area contributed by atoms with Crippen LogP contribution in [0.5, 0.6) is 0 Å². The Balaban J connectivity index is 3.45. The van der Waals surface area contributed by atoms with E-state index in [0.29, 0.717) is 40.9 Å². The molecule has 0 aliphatic carbocycles. The molecule has 30 heavy (non-hydrogen) atoms. The van der Waals surface area contributed by atoms with Crippen LogP contribution in [-0.4, -0.2) is 69.1 Å². The van der Waals surface area contributed by atoms with E-state index in [9.17, 15) is 16.8 Å². The van der Waals surface area contributed by atoms with Gasteiger partial charge < -0.3 is 0 Å². The van der Waals surface area contributed by atoms with Crippen molar-refractivity contribution in [2.24, 2.45) is 0 Å². The zero-order valence-electron chi connectivity index (χ0n) is 18.9. The summed E-state index contributed by atoms with van der Waals surface area (Å²) in [6.07, 6.45) is 15.1. The molecule has 0 fully saturated rings. The molecule has 4 nitrogen and oxygen atoms in total. The van der Waals surface area contributed by atoms with E-state index in [4.69, 9.17) is 0 Å². The molecule has 0 radical (unpaired) electrons. The van der Waals surface area contributed by atoms with Crippen molar-refractivity contribution in [1.29, 1.82) is 0 Å². The largest absolute Gasteiger partial charge is 0.260 e. The maximum Gasteiger partial charge on any atom is 0.0243 e. The van der Waals surface area contributed by atoms with Gasteiger partial charge in [-0.05, 0) is 37.9 Å². The molecule has 0 aromatic heterocycles. The summed E-state index contributed by atoms with van der Waals surface area (Å²) < 4.78 is 46.9. The summed E-state index contributed by atoms with van der Waals surface area (Å²) in [5, 5.41) is 0. The van der Waals surface area contributed by atoms with E-state index in [1.807, 2.05) is 0 Å². The number of hydrogen-bond donors (Lipinski definition) is 1. The zero-order chi connectivity index (χ0) is 22.5.